The summed E-state index contributed by atoms with van der Waals surface area (Å²) < 4.78 is 5.79. The fraction of sp³-hybridized carbons (Fsp3) is 0.952. The van der Waals surface area contributed by atoms with Gasteiger partial charge in [0, 0.05) is 50.8 Å². The Kier molecular flexibility index (Phi) is 54.4. The molecule has 7 heteroatoms. The van der Waals surface area contributed by atoms with Gasteiger partial charge in [0.25, 0.3) is 0 Å². The minimum atomic E-state index is -0.00666. The zero-order valence-electron chi connectivity index (χ0n) is 48.0. The molecule has 0 rings (SSSR count). The van der Waals surface area contributed by atoms with Gasteiger partial charge in [-0.3, -0.25) is 14.4 Å². The first-order valence-electron chi connectivity index (χ1n) is 31.7. The second-order valence-corrected chi connectivity index (χ2v) is 22.4. The van der Waals surface area contributed by atoms with Crippen LogP contribution in [-0.4, -0.2) is 65.7 Å². The third-order valence-electron chi connectivity index (χ3n) is 15.2. The molecule has 0 aromatic heterocycles. The van der Waals surface area contributed by atoms with E-state index in [1.165, 1.54) is 212 Å². The SMILES string of the molecule is CCCCCCCCCCN(CCCCCCCCCC)C(=O)CCCCCCCCC(CCCCCCCCC(=O)OCC(CCCC)CCCCCC)N(CCCCCCCC)C(=O)CCCCl. The van der Waals surface area contributed by atoms with Crippen LogP contribution in [0.3, 0.4) is 0 Å². The molecule has 6 nitrogen and oxygen atoms in total. The molecule has 0 aliphatic heterocycles. The van der Waals surface area contributed by atoms with E-state index in [4.69, 9.17) is 16.3 Å². The van der Waals surface area contributed by atoms with E-state index in [1.807, 2.05) is 0 Å². The van der Waals surface area contributed by atoms with E-state index < -0.39 is 0 Å². The van der Waals surface area contributed by atoms with Crippen molar-refractivity contribution in [3.05, 3.63) is 0 Å². The summed E-state index contributed by atoms with van der Waals surface area (Å²) in [5, 5.41) is 0. The highest BCUT2D eigenvalue weighted by atomic mass is 35.5. The summed E-state index contributed by atoms with van der Waals surface area (Å²) in [4.78, 5) is 44.4. The summed E-state index contributed by atoms with van der Waals surface area (Å²) in [6, 6.07) is 0.312. The van der Waals surface area contributed by atoms with E-state index in [0.29, 0.717) is 55.5 Å². The third-order valence-corrected chi connectivity index (χ3v) is 15.5. The van der Waals surface area contributed by atoms with Crippen molar-refractivity contribution in [2.75, 3.05) is 32.1 Å². The van der Waals surface area contributed by atoms with E-state index >= 15 is 0 Å². The first-order chi connectivity index (χ1) is 34.4. The third kappa shape index (κ3) is 45.3. The Labute approximate surface area is 443 Å². The van der Waals surface area contributed by atoms with Crippen LogP contribution in [0, 0.1) is 5.92 Å². The van der Waals surface area contributed by atoms with Crippen LogP contribution >= 0.6 is 11.6 Å². The van der Waals surface area contributed by atoms with Crippen molar-refractivity contribution in [1.82, 2.24) is 9.80 Å². The Morgan fingerprint density at radius 3 is 1.16 bits per heavy atom. The molecule has 0 heterocycles. The molecule has 2 atom stereocenters. The van der Waals surface area contributed by atoms with Gasteiger partial charge in [-0.2, -0.15) is 0 Å². The van der Waals surface area contributed by atoms with Crippen molar-refractivity contribution in [3.8, 4) is 0 Å². The Morgan fingerprint density at radius 1 is 0.357 bits per heavy atom. The molecule has 416 valence electrons. The quantitative estimate of drug-likeness (QED) is 0.0346. The summed E-state index contributed by atoms with van der Waals surface area (Å²) >= 11 is 6.11. The number of carbonyl (C=O) groups is 3. The van der Waals surface area contributed by atoms with Gasteiger partial charge in [-0.05, 0) is 70.1 Å². The van der Waals surface area contributed by atoms with Gasteiger partial charge in [0.2, 0.25) is 11.8 Å². The number of carbonyl (C=O) groups excluding carboxylic acids is 3. The zero-order chi connectivity index (χ0) is 51.2. The zero-order valence-corrected chi connectivity index (χ0v) is 48.8. The Bertz CT molecular complexity index is 1080. The van der Waals surface area contributed by atoms with Crippen LogP contribution in [0.4, 0.5) is 0 Å². The highest BCUT2D eigenvalue weighted by Gasteiger charge is 2.23. The minimum Gasteiger partial charge on any atom is -0.465 e. The normalized spacial score (nSPS) is 12.4. The first-order valence-corrected chi connectivity index (χ1v) is 32.2. The molecule has 0 spiro atoms. The van der Waals surface area contributed by atoms with Gasteiger partial charge in [0.15, 0.2) is 0 Å². The topological polar surface area (TPSA) is 66.9 Å². The molecule has 0 aliphatic carbocycles. The summed E-state index contributed by atoms with van der Waals surface area (Å²) in [5.74, 6) is 1.76. The van der Waals surface area contributed by atoms with Gasteiger partial charge in [-0.25, -0.2) is 0 Å². The molecule has 0 aromatic carbocycles. The average Bonchev–Trinajstić information content (AvgIpc) is 3.36. The van der Waals surface area contributed by atoms with E-state index in [2.05, 4.69) is 44.4 Å². The number of amides is 2. The van der Waals surface area contributed by atoms with Crippen LogP contribution in [0.2, 0.25) is 0 Å². The van der Waals surface area contributed by atoms with Crippen LogP contribution in [0.25, 0.3) is 0 Å². The first kappa shape index (κ1) is 68.7. The number of hydrogen-bond acceptors (Lipinski definition) is 4. The van der Waals surface area contributed by atoms with Gasteiger partial charge in [0.1, 0.15) is 0 Å². The number of halogens is 1. The van der Waals surface area contributed by atoms with Gasteiger partial charge < -0.3 is 14.5 Å². The number of esters is 1. The molecule has 0 bridgehead atoms. The van der Waals surface area contributed by atoms with Crippen molar-refractivity contribution in [3.63, 3.8) is 0 Å². The van der Waals surface area contributed by atoms with E-state index in [1.54, 1.807) is 0 Å². The lowest BCUT2D eigenvalue weighted by Crippen LogP contribution is -2.41. The van der Waals surface area contributed by atoms with Crippen molar-refractivity contribution in [1.29, 1.82) is 0 Å². The predicted octanol–water partition coefficient (Wildman–Crippen LogP) is 20.2. The maximum absolute atomic E-state index is 13.7. The molecule has 2 amide bonds. The fourth-order valence-corrected chi connectivity index (χ4v) is 10.6. The molecular weight excluding hydrogens is 884 g/mol. The maximum Gasteiger partial charge on any atom is 0.305 e. The molecule has 0 aromatic rings. The number of hydrogen-bond donors (Lipinski definition) is 0. The van der Waals surface area contributed by atoms with Crippen LogP contribution < -0.4 is 0 Å². The predicted molar refractivity (Wildman–Crippen MR) is 307 cm³/mol. The number of alkyl halides is 1. The minimum absolute atomic E-state index is 0.00666. The lowest BCUT2D eigenvalue weighted by molar-refractivity contribution is -0.145. The van der Waals surface area contributed by atoms with E-state index in [9.17, 15) is 14.4 Å². The summed E-state index contributed by atoms with van der Waals surface area (Å²) in [6.45, 7) is 14.7. The van der Waals surface area contributed by atoms with Crippen molar-refractivity contribution >= 4 is 29.4 Å². The van der Waals surface area contributed by atoms with Gasteiger partial charge in [-0.1, -0.05) is 259 Å². The van der Waals surface area contributed by atoms with Crippen LogP contribution in [-0.2, 0) is 19.1 Å². The van der Waals surface area contributed by atoms with Crippen LogP contribution in [0.1, 0.15) is 343 Å². The second kappa shape index (κ2) is 55.5. The lowest BCUT2D eigenvalue weighted by Gasteiger charge is -2.33. The molecule has 0 radical (unpaired) electrons. The molecule has 0 aliphatic rings. The van der Waals surface area contributed by atoms with E-state index in [-0.39, 0.29) is 5.97 Å². The lowest BCUT2D eigenvalue weighted by atomic mass is 9.96. The molecule has 0 saturated heterocycles. The van der Waals surface area contributed by atoms with Gasteiger partial charge >= 0.3 is 5.97 Å². The fourth-order valence-electron chi connectivity index (χ4n) is 10.4. The molecule has 0 N–H and O–H groups in total. The average molecular weight is 1010 g/mol. The van der Waals surface area contributed by atoms with Crippen molar-refractivity contribution in [2.45, 2.75) is 349 Å². The van der Waals surface area contributed by atoms with Gasteiger partial charge in [0.05, 0.1) is 6.61 Å². The standard InChI is InChI=1S/C63H123ClN2O4/c1-6-11-16-20-23-29-35-43-55-65(56-44-36-30-24-21-17-12-7-2)61(67)51-41-33-27-25-31-39-49-60(66(62(68)52-46-54-64)57-45-37-22-18-13-8-3)50-40-32-26-28-34-42-53-63(69)70-58-59(47-15-10-5)48-38-19-14-9-4/h59-60H,6-58H2,1-5H3. The molecule has 70 heavy (non-hydrogen) atoms. The Morgan fingerprint density at radius 2 is 0.700 bits per heavy atom. The van der Waals surface area contributed by atoms with Crippen molar-refractivity contribution < 1.29 is 19.1 Å². The maximum atomic E-state index is 13.7. The van der Waals surface area contributed by atoms with Gasteiger partial charge in [-0.15, -0.1) is 11.6 Å². The molecule has 2 unspecified atom stereocenters. The Balaban J connectivity index is 5.02. The highest BCUT2D eigenvalue weighted by Crippen LogP contribution is 2.23. The molecular formula is C63H123ClN2O4. The smallest absolute Gasteiger partial charge is 0.305 e. The molecule has 0 saturated carbocycles. The van der Waals surface area contributed by atoms with E-state index in [0.717, 1.165) is 96.7 Å². The number of ether oxygens (including phenoxy) is 1. The number of unbranched alkanes of at least 4 members (excludes halogenated alkanes) is 33. The highest BCUT2D eigenvalue weighted by molar-refractivity contribution is 6.17. The Hall–Kier alpha value is -1.30. The summed E-state index contributed by atoms with van der Waals surface area (Å²) in [7, 11) is 0. The largest absolute Gasteiger partial charge is 0.465 e. The molecule has 0 fully saturated rings. The summed E-state index contributed by atoms with van der Waals surface area (Å²) in [6.07, 6.45) is 56.7. The van der Waals surface area contributed by atoms with Crippen LogP contribution in [0.15, 0.2) is 0 Å². The van der Waals surface area contributed by atoms with Crippen molar-refractivity contribution in [2.24, 2.45) is 5.92 Å². The summed E-state index contributed by atoms with van der Waals surface area (Å²) in [5.41, 5.74) is 0. The second-order valence-electron chi connectivity index (χ2n) is 22.0. The monoisotopic (exact) mass is 1010 g/mol. The number of rotatable bonds is 57. The number of nitrogens with zero attached hydrogens (tertiary/aromatic N) is 2. The van der Waals surface area contributed by atoms with Crippen LogP contribution in [0.5, 0.6) is 0 Å².